The molecule has 0 aliphatic carbocycles. The van der Waals surface area contributed by atoms with Crippen LogP contribution in [0.4, 0.5) is 5.69 Å². The molecule has 4 aromatic rings. The predicted molar refractivity (Wildman–Crippen MR) is 135 cm³/mol. The number of carbonyl (C=O) groups excluding carboxylic acids is 1. The molecule has 2 aromatic heterocycles. The molecular weight excluding hydrogens is 450 g/mol. The number of nitrogens with zero attached hydrogens (tertiary/aromatic N) is 4. The molecule has 0 aliphatic rings. The number of methoxy groups -OCH3 is 1. The minimum Gasteiger partial charge on any atom is -0.497 e. The van der Waals surface area contributed by atoms with Crippen LogP contribution in [0.15, 0.2) is 58.5 Å². The number of nitrogens with one attached hydrogen (secondary N) is 1. The summed E-state index contributed by atoms with van der Waals surface area (Å²) >= 11 is 1.26. The largest absolute Gasteiger partial charge is 0.497 e. The van der Waals surface area contributed by atoms with Gasteiger partial charge in [-0.15, -0.1) is 0 Å². The number of aryl methyl sites for hydroxylation is 2. The van der Waals surface area contributed by atoms with Gasteiger partial charge in [0, 0.05) is 7.05 Å². The Morgan fingerprint density at radius 3 is 2.50 bits per heavy atom. The summed E-state index contributed by atoms with van der Waals surface area (Å²) in [6.45, 7) is 5.90. The van der Waals surface area contributed by atoms with Gasteiger partial charge in [-0.2, -0.15) is 5.10 Å². The van der Waals surface area contributed by atoms with Gasteiger partial charge in [-0.05, 0) is 50.6 Å². The topological polar surface area (TPSA) is 91.0 Å². The van der Waals surface area contributed by atoms with E-state index in [-0.39, 0.29) is 11.5 Å². The molecule has 0 spiro atoms. The fraction of sp³-hybridized carbons (Fsp3) is 0.280. The van der Waals surface area contributed by atoms with Gasteiger partial charge in [-0.25, -0.2) is 4.98 Å². The van der Waals surface area contributed by atoms with E-state index in [0.29, 0.717) is 28.3 Å². The van der Waals surface area contributed by atoms with Crippen molar-refractivity contribution in [2.75, 3.05) is 12.4 Å². The highest BCUT2D eigenvalue weighted by Crippen LogP contribution is 2.26. The van der Waals surface area contributed by atoms with Crippen molar-refractivity contribution in [1.29, 1.82) is 0 Å². The van der Waals surface area contributed by atoms with Crippen LogP contribution in [0.1, 0.15) is 23.9 Å². The average molecular weight is 478 g/mol. The molecular formula is C25H27N5O3S. The molecule has 0 fully saturated rings. The van der Waals surface area contributed by atoms with E-state index in [1.165, 1.54) is 11.8 Å². The molecule has 1 amide bonds. The molecule has 0 saturated heterocycles. The number of hydrogen-bond donors (Lipinski definition) is 1. The first-order valence-corrected chi connectivity index (χ1v) is 11.8. The third-order valence-corrected chi connectivity index (χ3v) is 6.83. The first kappa shape index (κ1) is 23.6. The van der Waals surface area contributed by atoms with E-state index in [9.17, 15) is 9.59 Å². The van der Waals surface area contributed by atoms with Crippen molar-refractivity contribution in [3.8, 4) is 5.75 Å². The number of aromatic nitrogens is 4. The Labute approximate surface area is 202 Å². The number of hydrogen-bond acceptors (Lipinski definition) is 6. The molecule has 0 radical (unpaired) electrons. The van der Waals surface area contributed by atoms with Crippen molar-refractivity contribution in [3.63, 3.8) is 0 Å². The number of amides is 1. The summed E-state index contributed by atoms with van der Waals surface area (Å²) in [5.74, 6) is 0.566. The molecule has 176 valence electrons. The van der Waals surface area contributed by atoms with Gasteiger partial charge in [0.05, 0.1) is 46.9 Å². The van der Waals surface area contributed by atoms with E-state index >= 15 is 0 Å². The molecule has 0 saturated carbocycles. The first-order chi connectivity index (χ1) is 16.3. The van der Waals surface area contributed by atoms with Crippen LogP contribution in [0.2, 0.25) is 0 Å². The van der Waals surface area contributed by atoms with E-state index in [1.54, 1.807) is 29.3 Å². The van der Waals surface area contributed by atoms with Gasteiger partial charge in [0.2, 0.25) is 5.91 Å². The van der Waals surface area contributed by atoms with Crippen LogP contribution >= 0.6 is 11.8 Å². The van der Waals surface area contributed by atoms with Crippen LogP contribution in [0, 0.1) is 13.8 Å². The van der Waals surface area contributed by atoms with Gasteiger partial charge >= 0.3 is 0 Å². The second kappa shape index (κ2) is 9.72. The number of para-hydroxylation sites is 1. The van der Waals surface area contributed by atoms with Crippen LogP contribution < -0.4 is 15.6 Å². The summed E-state index contributed by atoms with van der Waals surface area (Å²) in [7, 11) is 3.45. The van der Waals surface area contributed by atoms with Gasteiger partial charge < -0.3 is 10.1 Å². The molecule has 2 heterocycles. The molecule has 0 bridgehead atoms. The SMILES string of the molecule is COc1ccc(Cn2c(S[C@@H](C)C(=O)Nc3c(C)nn(C)c3C)nc3ccccc3c2=O)cc1. The van der Waals surface area contributed by atoms with Crippen molar-refractivity contribution in [3.05, 3.63) is 75.8 Å². The lowest BCUT2D eigenvalue weighted by atomic mass is 10.2. The fourth-order valence-electron chi connectivity index (χ4n) is 3.68. The first-order valence-electron chi connectivity index (χ1n) is 10.9. The van der Waals surface area contributed by atoms with E-state index < -0.39 is 5.25 Å². The lowest BCUT2D eigenvalue weighted by molar-refractivity contribution is -0.115. The minimum atomic E-state index is -0.491. The number of carbonyl (C=O) groups is 1. The number of ether oxygens (including phenoxy) is 1. The van der Waals surface area contributed by atoms with Gasteiger partial charge in [-0.3, -0.25) is 18.8 Å². The smallest absolute Gasteiger partial charge is 0.262 e. The van der Waals surface area contributed by atoms with Crippen LogP contribution in [0.5, 0.6) is 5.75 Å². The standard InChI is InChI=1S/C25H27N5O3S/c1-15-22(16(2)29(4)28-15)27-23(31)17(3)34-25-26-21-9-7-6-8-20(21)24(32)30(25)14-18-10-12-19(33-5)13-11-18/h6-13,17H,14H2,1-5H3,(H,27,31)/t17-/m0/s1. The summed E-state index contributed by atoms with van der Waals surface area (Å²) < 4.78 is 8.60. The maximum absolute atomic E-state index is 13.4. The molecule has 4 rings (SSSR count). The van der Waals surface area contributed by atoms with Gasteiger partial charge in [0.25, 0.3) is 5.56 Å². The van der Waals surface area contributed by atoms with Gasteiger partial charge in [-0.1, -0.05) is 36.0 Å². The van der Waals surface area contributed by atoms with Crippen LogP contribution in [-0.4, -0.2) is 37.6 Å². The number of anilines is 1. The lowest BCUT2D eigenvalue weighted by Crippen LogP contribution is -2.27. The molecule has 1 atom stereocenters. The molecule has 9 heteroatoms. The zero-order chi connectivity index (χ0) is 24.4. The van der Waals surface area contributed by atoms with E-state index in [0.717, 1.165) is 22.7 Å². The molecule has 2 aromatic carbocycles. The summed E-state index contributed by atoms with van der Waals surface area (Å²) in [6, 6.07) is 14.8. The van der Waals surface area contributed by atoms with E-state index in [4.69, 9.17) is 9.72 Å². The van der Waals surface area contributed by atoms with Crippen LogP contribution in [0.25, 0.3) is 10.9 Å². The predicted octanol–water partition coefficient (Wildman–Crippen LogP) is 3.92. The zero-order valence-corrected chi connectivity index (χ0v) is 20.6. The maximum Gasteiger partial charge on any atom is 0.262 e. The number of rotatable bonds is 7. The Bertz CT molecular complexity index is 1410. The van der Waals surface area contributed by atoms with Gasteiger partial charge in [0.15, 0.2) is 5.16 Å². The second-order valence-electron chi connectivity index (χ2n) is 8.07. The van der Waals surface area contributed by atoms with Crippen molar-refractivity contribution in [2.24, 2.45) is 7.05 Å². The zero-order valence-electron chi connectivity index (χ0n) is 19.8. The Hall–Kier alpha value is -3.59. The summed E-state index contributed by atoms with van der Waals surface area (Å²) in [6.07, 6.45) is 0. The number of thioether (sulfide) groups is 1. The van der Waals surface area contributed by atoms with Crippen molar-refractivity contribution < 1.29 is 9.53 Å². The quantitative estimate of drug-likeness (QED) is 0.320. The Kier molecular flexibility index (Phi) is 6.74. The number of fused-ring (bicyclic) bond motifs is 1. The maximum atomic E-state index is 13.4. The van der Waals surface area contributed by atoms with E-state index in [2.05, 4.69) is 10.4 Å². The van der Waals surface area contributed by atoms with Crippen LogP contribution in [-0.2, 0) is 18.4 Å². The second-order valence-corrected chi connectivity index (χ2v) is 9.38. The van der Waals surface area contributed by atoms with Crippen molar-refractivity contribution >= 4 is 34.3 Å². The fourth-order valence-corrected chi connectivity index (χ4v) is 4.59. The minimum absolute atomic E-state index is 0.143. The van der Waals surface area contributed by atoms with Gasteiger partial charge in [0.1, 0.15) is 5.75 Å². The van der Waals surface area contributed by atoms with E-state index in [1.807, 2.05) is 63.4 Å². The number of benzene rings is 2. The third-order valence-electron chi connectivity index (χ3n) is 5.73. The molecule has 0 aliphatic heterocycles. The van der Waals surface area contributed by atoms with Crippen molar-refractivity contribution in [1.82, 2.24) is 19.3 Å². The Morgan fingerprint density at radius 1 is 1.15 bits per heavy atom. The molecule has 8 nitrogen and oxygen atoms in total. The average Bonchev–Trinajstić information content (AvgIpc) is 3.07. The third kappa shape index (κ3) is 4.70. The Morgan fingerprint density at radius 2 is 1.85 bits per heavy atom. The normalized spacial score (nSPS) is 12.0. The summed E-state index contributed by atoms with van der Waals surface area (Å²) in [5.41, 5.74) is 3.74. The molecule has 34 heavy (non-hydrogen) atoms. The van der Waals surface area contributed by atoms with Crippen LogP contribution in [0.3, 0.4) is 0 Å². The highest BCUT2D eigenvalue weighted by atomic mass is 32.2. The molecule has 1 N–H and O–H groups in total. The summed E-state index contributed by atoms with van der Waals surface area (Å²) in [4.78, 5) is 31.1. The summed E-state index contributed by atoms with van der Waals surface area (Å²) in [5, 5.41) is 7.87. The highest BCUT2D eigenvalue weighted by molar-refractivity contribution is 8.00. The highest BCUT2D eigenvalue weighted by Gasteiger charge is 2.22. The Balaban J connectivity index is 1.66. The van der Waals surface area contributed by atoms with Crippen molar-refractivity contribution in [2.45, 2.75) is 37.7 Å². The monoisotopic (exact) mass is 477 g/mol. The molecule has 0 unspecified atom stereocenters. The lowest BCUT2D eigenvalue weighted by Gasteiger charge is -2.17.